The van der Waals surface area contributed by atoms with E-state index in [4.69, 9.17) is 34.8 Å². The van der Waals surface area contributed by atoms with E-state index in [1.807, 2.05) is 0 Å². The highest BCUT2D eigenvalue weighted by Crippen LogP contribution is 2.41. The van der Waals surface area contributed by atoms with E-state index in [9.17, 15) is 31.1 Å². The molecule has 1 saturated heterocycles. The maximum atomic E-state index is 13.8. The van der Waals surface area contributed by atoms with Gasteiger partial charge < -0.3 is 5.32 Å². The topological polar surface area (TPSA) is 32.3 Å². The number of benzene rings is 2. The third-order valence-electron chi connectivity index (χ3n) is 5.76. The first-order valence-corrected chi connectivity index (χ1v) is 12.9. The summed E-state index contributed by atoms with van der Waals surface area (Å²) in [6.45, 7) is -0.568. The van der Waals surface area contributed by atoms with Gasteiger partial charge in [-0.15, -0.1) is 0 Å². The second-order valence-corrected chi connectivity index (χ2v) is 10.6. The standard InChI is InChI=1S/C24H20BrCl3F6N2O/c25-18-9-13(2-4-17(24(32,33)34)14-10-19(26)21(28)20(27)11-14)1-3-16(18)22(37)35-15-5-7-36(8-6-15)12-23(29,30)31/h1-4,9-11,15,17H,5-8,12H2,(H,35,37). The average Bonchev–Trinajstić information content (AvgIpc) is 2.77. The summed E-state index contributed by atoms with van der Waals surface area (Å²) in [5.41, 5.74) is 0.460. The van der Waals surface area contributed by atoms with E-state index in [2.05, 4.69) is 21.2 Å². The minimum atomic E-state index is -4.64. The fourth-order valence-corrected chi connectivity index (χ4v) is 5.13. The third kappa shape index (κ3) is 8.51. The van der Waals surface area contributed by atoms with Crippen molar-refractivity contribution in [2.75, 3.05) is 19.6 Å². The Hall–Kier alpha value is -1.46. The van der Waals surface area contributed by atoms with E-state index in [0.717, 1.165) is 18.2 Å². The number of hydrogen-bond donors (Lipinski definition) is 1. The minimum absolute atomic E-state index is 0.0401. The first kappa shape index (κ1) is 30.1. The molecule has 2 aromatic rings. The molecule has 1 unspecified atom stereocenters. The van der Waals surface area contributed by atoms with E-state index >= 15 is 0 Å². The van der Waals surface area contributed by atoms with Crippen LogP contribution in [0.5, 0.6) is 0 Å². The van der Waals surface area contributed by atoms with Crippen LogP contribution in [0.15, 0.2) is 40.9 Å². The van der Waals surface area contributed by atoms with Crippen LogP contribution in [-0.2, 0) is 0 Å². The monoisotopic (exact) mass is 650 g/mol. The van der Waals surface area contributed by atoms with Crippen molar-refractivity contribution in [3.05, 3.63) is 72.6 Å². The lowest BCUT2D eigenvalue weighted by molar-refractivity contribution is -0.148. The zero-order valence-corrected chi connectivity index (χ0v) is 22.7. The van der Waals surface area contributed by atoms with Crippen LogP contribution < -0.4 is 5.32 Å². The van der Waals surface area contributed by atoms with Crippen LogP contribution in [0.25, 0.3) is 6.08 Å². The molecule has 0 spiro atoms. The van der Waals surface area contributed by atoms with Gasteiger partial charge in [-0.2, -0.15) is 26.3 Å². The molecule has 1 atom stereocenters. The number of carbonyl (C=O) groups is 1. The highest BCUT2D eigenvalue weighted by atomic mass is 79.9. The first-order valence-electron chi connectivity index (χ1n) is 10.9. The number of likely N-dealkylation sites (tertiary alicyclic amines) is 1. The number of hydrogen-bond acceptors (Lipinski definition) is 2. The molecular weight excluding hydrogens is 633 g/mol. The molecule has 1 aliphatic rings. The first-order chi connectivity index (χ1) is 17.1. The number of piperidine rings is 1. The summed E-state index contributed by atoms with van der Waals surface area (Å²) in [4.78, 5) is 14.0. The van der Waals surface area contributed by atoms with Gasteiger partial charge in [0.2, 0.25) is 0 Å². The van der Waals surface area contributed by atoms with Gasteiger partial charge in [0.1, 0.15) is 0 Å². The maximum absolute atomic E-state index is 13.8. The SMILES string of the molecule is O=C(NC1CCN(CC(F)(F)F)CC1)c1ccc(C=CC(c2cc(Cl)c(Cl)c(Cl)c2)C(F)(F)F)cc1Br. The summed E-state index contributed by atoms with van der Waals surface area (Å²) in [5, 5.41) is 2.56. The lowest BCUT2D eigenvalue weighted by atomic mass is 9.97. The molecule has 3 nitrogen and oxygen atoms in total. The van der Waals surface area contributed by atoms with Gasteiger partial charge in [-0.1, -0.05) is 53.0 Å². The minimum Gasteiger partial charge on any atom is -0.349 e. The Bertz CT molecular complexity index is 1140. The molecule has 1 heterocycles. The van der Waals surface area contributed by atoms with Crippen molar-refractivity contribution in [1.29, 1.82) is 0 Å². The molecule has 0 aliphatic carbocycles. The van der Waals surface area contributed by atoms with Crippen molar-refractivity contribution in [1.82, 2.24) is 10.2 Å². The molecule has 2 aromatic carbocycles. The molecule has 37 heavy (non-hydrogen) atoms. The number of amides is 1. The van der Waals surface area contributed by atoms with Crippen molar-refractivity contribution in [2.24, 2.45) is 0 Å². The van der Waals surface area contributed by atoms with Gasteiger partial charge in [0.15, 0.2) is 0 Å². The molecule has 1 amide bonds. The third-order valence-corrected chi connectivity index (χ3v) is 7.62. The van der Waals surface area contributed by atoms with E-state index in [1.54, 1.807) is 0 Å². The van der Waals surface area contributed by atoms with Crippen LogP contribution in [0.4, 0.5) is 26.3 Å². The molecule has 1 N–H and O–H groups in total. The van der Waals surface area contributed by atoms with Crippen LogP contribution >= 0.6 is 50.7 Å². The molecule has 0 bridgehead atoms. The number of nitrogens with one attached hydrogen (secondary N) is 1. The molecular formula is C24H20BrCl3F6N2O. The van der Waals surface area contributed by atoms with Crippen LogP contribution in [0, 0.1) is 0 Å². The van der Waals surface area contributed by atoms with Crippen molar-refractivity contribution in [2.45, 2.75) is 37.2 Å². The van der Waals surface area contributed by atoms with Gasteiger partial charge >= 0.3 is 12.4 Å². The highest BCUT2D eigenvalue weighted by molar-refractivity contribution is 9.10. The summed E-state index contributed by atoms with van der Waals surface area (Å²) in [6.07, 6.45) is -5.95. The maximum Gasteiger partial charge on any atom is 0.401 e. The van der Waals surface area contributed by atoms with Gasteiger partial charge in [0.25, 0.3) is 5.91 Å². The normalized spacial score (nSPS) is 16.8. The summed E-state index contributed by atoms with van der Waals surface area (Å²) < 4.78 is 79.3. The van der Waals surface area contributed by atoms with Gasteiger partial charge in [-0.3, -0.25) is 9.69 Å². The number of rotatable bonds is 6. The Labute approximate surface area is 232 Å². The summed E-state index contributed by atoms with van der Waals surface area (Å²) in [5.74, 6) is -2.44. The molecule has 0 aromatic heterocycles. The molecule has 0 radical (unpaired) electrons. The summed E-state index contributed by atoms with van der Waals surface area (Å²) in [7, 11) is 0. The largest absolute Gasteiger partial charge is 0.401 e. The number of nitrogens with zero attached hydrogens (tertiary/aromatic N) is 1. The fourth-order valence-electron chi connectivity index (χ4n) is 3.94. The predicted molar refractivity (Wildman–Crippen MR) is 136 cm³/mol. The quantitative estimate of drug-likeness (QED) is 0.251. The van der Waals surface area contributed by atoms with Gasteiger partial charge in [-0.25, -0.2) is 0 Å². The molecule has 1 fully saturated rings. The average molecular weight is 653 g/mol. The zero-order valence-electron chi connectivity index (χ0n) is 18.9. The number of allylic oxidation sites excluding steroid dienone is 1. The highest BCUT2D eigenvalue weighted by Gasteiger charge is 2.39. The molecule has 3 rings (SSSR count). The van der Waals surface area contributed by atoms with Gasteiger partial charge in [-0.05, 0) is 64.2 Å². The zero-order chi connectivity index (χ0) is 27.5. The molecule has 13 heteroatoms. The van der Waals surface area contributed by atoms with E-state index in [0.29, 0.717) is 22.9 Å². The molecule has 0 saturated carbocycles. The summed E-state index contributed by atoms with van der Waals surface area (Å²) >= 11 is 20.9. The summed E-state index contributed by atoms with van der Waals surface area (Å²) in [6, 6.07) is 6.36. The molecule has 1 aliphatic heterocycles. The predicted octanol–water partition coefficient (Wildman–Crippen LogP) is 8.53. The van der Waals surface area contributed by atoms with Crippen LogP contribution in [0.1, 0.15) is 40.2 Å². The van der Waals surface area contributed by atoms with E-state index < -0.39 is 30.7 Å². The Morgan fingerprint density at radius 1 is 1.05 bits per heavy atom. The Morgan fingerprint density at radius 2 is 1.65 bits per heavy atom. The van der Waals surface area contributed by atoms with Crippen molar-refractivity contribution < 1.29 is 31.1 Å². The lowest BCUT2D eigenvalue weighted by Crippen LogP contribution is -2.47. The second kappa shape index (κ2) is 12.2. The van der Waals surface area contributed by atoms with Gasteiger partial charge in [0, 0.05) is 23.6 Å². The number of alkyl halides is 6. The Balaban J connectivity index is 1.69. The van der Waals surface area contributed by atoms with Crippen LogP contribution in [-0.4, -0.2) is 48.8 Å². The smallest absolute Gasteiger partial charge is 0.349 e. The Morgan fingerprint density at radius 3 is 2.16 bits per heavy atom. The lowest BCUT2D eigenvalue weighted by Gasteiger charge is -2.32. The fraction of sp³-hybridized carbons (Fsp3) is 0.375. The van der Waals surface area contributed by atoms with E-state index in [-0.39, 0.29) is 45.3 Å². The van der Waals surface area contributed by atoms with E-state index in [1.165, 1.54) is 29.2 Å². The number of halogens is 10. The van der Waals surface area contributed by atoms with Crippen molar-refractivity contribution in [3.8, 4) is 0 Å². The Kier molecular flexibility index (Phi) is 9.88. The van der Waals surface area contributed by atoms with Crippen molar-refractivity contribution >= 4 is 62.7 Å². The molecule has 202 valence electrons. The number of carbonyl (C=O) groups excluding carboxylic acids is 1. The second-order valence-electron chi connectivity index (χ2n) is 8.56. The van der Waals surface area contributed by atoms with Crippen molar-refractivity contribution in [3.63, 3.8) is 0 Å². The van der Waals surface area contributed by atoms with Crippen LogP contribution in [0.3, 0.4) is 0 Å². The van der Waals surface area contributed by atoms with Crippen LogP contribution in [0.2, 0.25) is 15.1 Å². The van der Waals surface area contributed by atoms with Gasteiger partial charge in [0.05, 0.1) is 33.1 Å².